The molecule has 0 aliphatic carbocycles. The van der Waals surface area contributed by atoms with E-state index in [4.69, 9.17) is 0 Å². The SMILES string of the molecule is CC(C)(C)CNC(=O)[C@@H]1CCCN1C(O)c1ncc(Br)cn1. The van der Waals surface area contributed by atoms with Crippen molar-refractivity contribution in [3.8, 4) is 0 Å². The van der Waals surface area contributed by atoms with Gasteiger partial charge >= 0.3 is 0 Å². The molecule has 2 heterocycles. The van der Waals surface area contributed by atoms with Crippen molar-refractivity contribution in [3.05, 3.63) is 22.7 Å². The molecule has 1 amide bonds. The molecule has 6 nitrogen and oxygen atoms in total. The first kappa shape index (κ1) is 17.3. The lowest BCUT2D eigenvalue weighted by molar-refractivity contribution is -0.130. The number of nitrogens with zero attached hydrogens (tertiary/aromatic N) is 3. The fourth-order valence-electron chi connectivity index (χ4n) is 2.44. The number of hydrogen-bond donors (Lipinski definition) is 2. The normalized spacial score (nSPS) is 20.9. The third-order valence-electron chi connectivity index (χ3n) is 3.58. The van der Waals surface area contributed by atoms with Gasteiger partial charge in [0.05, 0.1) is 10.5 Å². The first-order valence-electron chi connectivity index (χ1n) is 7.47. The second kappa shape index (κ2) is 7.02. The average Bonchev–Trinajstić information content (AvgIpc) is 2.93. The maximum absolute atomic E-state index is 12.4. The van der Waals surface area contributed by atoms with Crippen LogP contribution in [0.5, 0.6) is 0 Å². The monoisotopic (exact) mass is 370 g/mol. The van der Waals surface area contributed by atoms with Crippen molar-refractivity contribution in [2.75, 3.05) is 13.1 Å². The summed E-state index contributed by atoms with van der Waals surface area (Å²) in [6.45, 7) is 7.49. The van der Waals surface area contributed by atoms with E-state index in [9.17, 15) is 9.90 Å². The number of carbonyl (C=O) groups is 1. The Morgan fingerprint density at radius 3 is 2.73 bits per heavy atom. The van der Waals surface area contributed by atoms with E-state index in [1.165, 1.54) is 0 Å². The Morgan fingerprint density at radius 1 is 1.50 bits per heavy atom. The van der Waals surface area contributed by atoms with Crippen LogP contribution in [0.1, 0.15) is 45.7 Å². The minimum atomic E-state index is -0.957. The summed E-state index contributed by atoms with van der Waals surface area (Å²) in [6.07, 6.45) is 3.85. The molecule has 0 saturated carbocycles. The zero-order chi connectivity index (χ0) is 16.3. The molecule has 1 aromatic rings. The van der Waals surface area contributed by atoms with Crippen molar-refractivity contribution in [2.24, 2.45) is 5.41 Å². The van der Waals surface area contributed by atoms with Gasteiger partial charge in [0.25, 0.3) is 0 Å². The summed E-state index contributed by atoms with van der Waals surface area (Å²) < 4.78 is 0.754. The molecule has 1 aliphatic heterocycles. The summed E-state index contributed by atoms with van der Waals surface area (Å²) in [5.74, 6) is 0.280. The number of aliphatic hydroxyl groups is 1. The maximum Gasteiger partial charge on any atom is 0.237 e. The van der Waals surface area contributed by atoms with Crippen LogP contribution < -0.4 is 5.32 Å². The van der Waals surface area contributed by atoms with Crippen LogP contribution in [0.3, 0.4) is 0 Å². The van der Waals surface area contributed by atoms with Gasteiger partial charge in [0, 0.05) is 25.5 Å². The molecule has 0 bridgehead atoms. The zero-order valence-corrected chi connectivity index (χ0v) is 14.8. The smallest absolute Gasteiger partial charge is 0.237 e. The van der Waals surface area contributed by atoms with Gasteiger partial charge in [0.2, 0.25) is 5.91 Å². The maximum atomic E-state index is 12.4. The van der Waals surface area contributed by atoms with Crippen LogP contribution in [0.2, 0.25) is 0 Å². The predicted molar refractivity (Wildman–Crippen MR) is 86.9 cm³/mol. The van der Waals surface area contributed by atoms with Gasteiger partial charge in [-0.25, -0.2) is 9.97 Å². The average molecular weight is 371 g/mol. The first-order valence-corrected chi connectivity index (χ1v) is 8.26. The van der Waals surface area contributed by atoms with E-state index in [0.717, 1.165) is 17.3 Å². The van der Waals surface area contributed by atoms with Crippen LogP contribution in [-0.2, 0) is 4.79 Å². The summed E-state index contributed by atoms with van der Waals surface area (Å²) in [5, 5.41) is 13.4. The number of halogens is 1. The first-order chi connectivity index (χ1) is 10.3. The molecule has 1 aromatic heterocycles. The van der Waals surface area contributed by atoms with Crippen molar-refractivity contribution in [1.29, 1.82) is 0 Å². The quantitative estimate of drug-likeness (QED) is 0.845. The van der Waals surface area contributed by atoms with Gasteiger partial charge in [-0.05, 0) is 34.2 Å². The van der Waals surface area contributed by atoms with Gasteiger partial charge in [-0.3, -0.25) is 9.69 Å². The number of hydrogen-bond acceptors (Lipinski definition) is 5. The molecule has 0 spiro atoms. The lowest BCUT2D eigenvalue weighted by Crippen LogP contribution is -2.46. The predicted octanol–water partition coefficient (Wildman–Crippen LogP) is 1.86. The molecule has 122 valence electrons. The summed E-state index contributed by atoms with van der Waals surface area (Å²) >= 11 is 3.27. The lowest BCUT2D eigenvalue weighted by Gasteiger charge is -2.28. The molecular weight excluding hydrogens is 348 g/mol. The van der Waals surface area contributed by atoms with Crippen LogP contribution >= 0.6 is 15.9 Å². The van der Waals surface area contributed by atoms with Gasteiger partial charge in [0.15, 0.2) is 12.1 Å². The van der Waals surface area contributed by atoms with Crippen LogP contribution in [0.25, 0.3) is 0 Å². The topological polar surface area (TPSA) is 78.4 Å². The molecule has 0 aromatic carbocycles. The van der Waals surface area contributed by atoms with Gasteiger partial charge in [-0.15, -0.1) is 0 Å². The van der Waals surface area contributed by atoms with Crippen molar-refractivity contribution < 1.29 is 9.90 Å². The third kappa shape index (κ3) is 4.47. The summed E-state index contributed by atoms with van der Waals surface area (Å²) in [5.41, 5.74) is 0.0343. The summed E-state index contributed by atoms with van der Waals surface area (Å²) in [4.78, 5) is 22.4. The molecule has 1 fully saturated rings. The van der Waals surface area contributed by atoms with Crippen molar-refractivity contribution in [1.82, 2.24) is 20.2 Å². The molecule has 1 unspecified atom stereocenters. The Balaban J connectivity index is 2.03. The van der Waals surface area contributed by atoms with E-state index in [1.807, 2.05) is 0 Å². The minimum Gasteiger partial charge on any atom is -0.371 e. The number of aliphatic hydroxyl groups excluding tert-OH is 1. The highest BCUT2D eigenvalue weighted by Gasteiger charge is 2.36. The number of amides is 1. The number of carbonyl (C=O) groups excluding carboxylic acids is 1. The third-order valence-corrected chi connectivity index (χ3v) is 3.98. The molecule has 0 radical (unpaired) electrons. The largest absolute Gasteiger partial charge is 0.371 e. The molecule has 2 atom stereocenters. The highest BCUT2D eigenvalue weighted by Crippen LogP contribution is 2.26. The second-order valence-electron chi connectivity index (χ2n) is 6.81. The van der Waals surface area contributed by atoms with Crippen LogP contribution in [-0.4, -0.2) is 45.0 Å². The van der Waals surface area contributed by atoms with Crippen molar-refractivity contribution in [3.63, 3.8) is 0 Å². The zero-order valence-electron chi connectivity index (χ0n) is 13.2. The standard InChI is InChI=1S/C15H23BrN4O2/c1-15(2,3)9-19-13(21)11-5-4-6-20(11)14(22)12-17-7-10(16)8-18-12/h7-8,11,14,22H,4-6,9H2,1-3H3,(H,19,21)/t11-,14?/m0/s1. The van der Waals surface area contributed by atoms with E-state index in [2.05, 4.69) is 52.0 Å². The lowest BCUT2D eigenvalue weighted by atomic mass is 9.97. The molecule has 1 aliphatic rings. The van der Waals surface area contributed by atoms with Gasteiger partial charge in [-0.1, -0.05) is 20.8 Å². The van der Waals surface area contributed by atoms with E-state index in [-0.39, 0.29) is 17.4 Å². The van der Waals surface area contributed by atoms with Crippen LogP contribution in [0, 0.1) is 5.41 Å². The Bertz CT molecular complexity index is 515. The van der Waals surface area contributed by atoms with Crippen LogP contribution in [0.15, 0.2) is 16.9 Å². The van der Waals surface area contributed by atoms with Gasteiger partial charge in [-0.2, -0.15) is 0 Å². The number of nitrogens with one attached hydrogen (secondary N) is 1. The fourth-order valence-corrected chi connectivity index (χ4v) is 2.64. The Labute approximate surface area is 139 Å². The van der Waals surface area contributed by atoms with E-state index >= 15 is 0 Å². The Kier molecular flexibility index (Phi) is 5.52. The summed E-state index contributed by atoms with van der Waals surface area (Å²) in [7, 11) is 0. The molecule has 2 rings (SSSR count). The van der Waals surface area contributed by atoms with E-state index in [0.29, 0.717) is 18.9 Å². The second-order valence-corrected chi connectivity index (χ2v) is 7.72. The molecule has 2 N–H and O–H groups in total. The minimum absolute atomic E-state index is 0.0343. The highest BCUT2D eigenvalue weighted by atomic mass is 79.9. The Morgan fingerprint density at radius 2 is 2.14 bits per heavy atom. The van der Waals surface area contributed by atoms with Crippen molar-refractivity contribution in [2.45, 2.75) is 45.9 Å². The fraction of sp³-hybridized carbons (Fsp3) is 0.667. The molecular formula is C15H23BrN4O2. The van der Waals surface area contributed by atoms with Gasteiger partial charge < -0.3 is 10.4 Å². The molecule has 22 heavy (non-hydrogen) atoms. The molecule has 1 saturated heterocycles. The van der Waals surface area contributed by atoms with E-state index < -0.39 is 6.23 Å². The van der Waals surface area contributed by atoms with Gasteiger partial charge in [0.1, 0.15) is 0 Å². The van der Waals surface area contributed by atoms with E-state index in [1.54, 1.807) is 17.3 Å². The summed E-state index contributed by atoms with van der Waals surface area (Å²) in [6, 6.07) is -0.329. The highest BCUT2D eigenvalue weighted by molar-refractivity contribution is 9.10. The number of likely N-dealkylation sites (tertiary alicyclic amines) is 1. The number of aromatic nitrogens is 2. The van der Waals surface area contributed by atoms with Crippen LogP contribution in [0.4, 0.5) is 0 Å². The molecule has 7 heteroatoms. The number of rotatable bonds is 4. The van der Waals surface area contributed by atoms with Crippen molar-refractivity contribution >= 4 is 21.8 Å². The Hall–Kier alpha value is -1.05.